The van der Waals surface area contributed by atoms with Crippen LogP contribution in [0.3, 0.4) is 0 Å². The molecule has 1 aliphatic heterocycles. The molecular formula is C24H26N4O3S. The first-order chi connectivity index (χ1) is 15.5. The molecule has 0 saturated carbocycles. The Morgan fingerprint density at radius 2 is 1.88 bits per heavy atom. The van der Waals surface area contributed by atoms with Crippen LogP contribution in [0.4, 0.5) is 5.69 Å². The lowest BCUT2D eigenvalue weighted by atomic mass is 10.1. The SMILES string of the molecule is COc1ccc(CCC(=O)N2CCC[C@@H]2c2nnc(C(=O)Nc3ccc(C)cc3)s2)cc1. The average Bonchev–Trinajstić information content (AvgIpc) is 3.49. The fourth-order valence-corrected chi connectivity index (χ4v) is 4.68. The first-order valence-electron chi connectivity index (χ1n) is 10.7. The highest BCUT2D eigenvalue weighted by Crippen LogP contribution is 2.34. The van der Waals surface area contributed by atoms with Crippen molar-refractivity contribution in [3.63, 3.8) is 0 Å². The maximum Gasteiger partial charge on any atom is 0.286 e. The number of methoxy groups -OCH3 is 1. The zero-order chi connectivity index (χ0) is 22.5. The number of hydrogen-bond acceptors (Lipinski definition) is 6. The van der Waals surface area contributed by atoms with E-state index in [1.54, 1.807) is 7.11 Å². The molecule has 1 saturated heterocycles. The van der Waals surface area contributed by atoms with Crippen LogP contribution in [0, 0.1) is 6.92 Å². The van der Waals surface area contributed by atoms with Crippen LogP contribution in [0.25, 0.3) is 0 Å². The normalized spacial score (nSPS) is 15.6. The second-order valence-electron chi connectivity index (χ2n) is 7.86. The van der Waals surface area contributed by atoms with Gasteiger partial charge in [-0.2, -0.15) is 0 Å². The van der Waals surface area contributed by atoms with Crippen molar-refractivity contribution >= 4 is 28.8 Å². The van der Waals surface area contributed by atoms with Crippen LogP contribution in [0.1, 0.15) is 51.2 Å². The summed E-state index contributed by atoms with van der Waals surface area (Å²) in [6, 6.07) is 15.3. The third-order valence-electron chi connectivity index (χ3n) is 5.59. The van der Waals surface area contributed by atoms with Gasteiger partial charge in [0.15, 0.2) is 0 Å². The number of amides is 2. The van der Waals surface area contributed by atoms with Gasteiger partial charge >= 0.3 is 0 Å². The second kappa shape index (κ2) is 9.91. The number of likely N-dealkylation sites (tertiary alicyclic amines) is 1. The molecule has 1 fully saturated rings. The molecule has 1 aliphatic rings. The minimum absolute atomic E-state index is 0.101. The van der Waals surface area contributed by atoms with E-state index in [0.717, 1.165) is 29.7 Å². The summed E-state index contributed by atoms with van der Waals surface area (Å²) >= 11 is 1.26. The van der Waals surface area contributed by atoms with Crippen LogP contribution < -0.4 is 10.1 Å². The molecule has 1 aromatic heterocycles. The van der Waals surface area contributed by atoms with Gasteiger partial charge < -0.3 is 15.0 Å². The summed E-state index contributed by atoms with van der Waals surface area (Å²) < 4.78 is 5.18. The number of hydrogen-bond donors (Lipinski definition) is 1. The maximum atomic E-state index is 12.9. The monoisotopic (exact) mass is 450 g/mol. The van der Waals surface area contributed by atoms with E-state index in [1.807, 2.05) is 60.4 Å². The second-order valence-corrected chi connectivity index (χ2v) is 8.87. The molecule has 2 amide bonds. The Labute approximate surface area is 191 Å². The molecule has 1 atom stereocenters. The highest BCUT2D eigenvalue weighted by molar-refractivity contribution is 7.13. The van der Waals surface area contributed by atoms with E-state index < -0.39 is 0 Å². The molecule has 0 spiro atoms. The van der Waals surface area contributed by atoms with Gasteiger partial charge in [0.1, 0.15) is 10.8 Å². The minimum atomic E-state index is -0.284. The van der Waals surface area contributed by atoms with Crippen molar-refractivity contribution < 1.29 is 14.3 Å². The van der Waals surface area contributed by atoms with E-state index >= 15 is 0 Å². The van der Waals surface area contributed by atoms with Crippen molar-refractivity contribution in [3.05, 3.63) is 69.7 Å². The number of ether oxygens (including phenoxy) is 1. The number of carbonyl (C=O) groups is 2. The topological polar surface area (TPSA) is 84.4 Å². The zero-order valence-electron chi connectivity index (χ0n) is 18.2. The first kappa shape index (κ1) is 22.0. The molecule has 2 heterocycles. The summed E-state index contributed by atoms with van der Waals surface area (Å²) in [6.45, 7) is 2.70. The number of nitrogens with one attached hydrogen (secondary N) is 1. The lowest BCUT2D eigenvalue weighted by molar-refractivity contribution is -0.132. The number of aryl methyl sites for hydroxylation is 2. The van der Waals surface area contributed by atoms with Crippen LogP contribution in [-0.2, 0) is 11.2 Å². The molecule has 0 unspecified atom stereocenters. The van der Waals surface area contributed by atoms with Crippen LogP contribution >= 0.6 is 11.3 Å². The van der Waals surface area contributed by atoms with Gasteiger partial charge in [0.2, 0.25) is 10.9 Å². The van der Waals surface area contributed by atoms with E-state index in [-0.39, 0.29) is 17.9 Å². The first-order valence-corrected chi connectivity index (χ1v) is 11.5. The van der Waals surface area contributed by atoms with Crippen molar-refractivity contribution in [1.29, 1.82) is 0 Å². The number of carbonyl (C=O) groups excluding carboxylic acids is 2. The number of aromatic nitrogens is 2. The summed E-state index contributed by atoms with van der Waals surface area (Å²) in [4.78, 5) is 27.3. The van der Waals surface area contributed by atoms with Crippen LogP contribution in [0.15, 0.2) is 48.5 Å². The van der Waals surface area contributed by atoms with Gasteiger partial charge in [0.25, 0.3) is 5.91 Å². The summed E-state index contributed by atoms with van der Waals surface area (Å²) in [6.07, 6.45) is 2.86. The van der Waals surface area contributed by atoms with Gasteiger partial charge in [-0.1, -0.05) is 41.2 Å². The Balaban J connectivity index is 1.37. The van der Waals surface area contributed by atoms with E-state index in [0.29, 0.717) is 35.1 Å². The Bertz CT molecular complexity index is 1080. The summed E-state index contributed by atoms with van der Waals surface area (Å²) in [5.74, 6) is 0.621. The van der Waals surface area contributed by atoms with Crippen molar-refractivity contribution in [2.75, 3.05) is 19.0 Å². The smallest absolute Gasteiger partial charge is 0.286 e. The molecule has 8 heteroatoms. The predicted molar refractivity (Wildman–Crippen MR) is 124 cm³/mol. The predicted octanol–water partition coefficient (Wildman–Crippen LogP) is 4.40. The van der Waals surface area contributed by atoms with Crippen LogP contribution in [0.5, 0.6) is 5.75 Å². The standard InChI is InChI=1S/C24H26N4O3S/c1-16-5-10-18(11-6-16)25-22(30)24-27-26-23(32-24)20-4-3-15-28(20)21(29)14-9-17-7-12-19(31-2)13-8-17/h5-8,10-13,20H,3-4,9,14-15H2,1-2H3,(H,25,30)/t20-/m1/s1. The Morgan fingerprint density at radius 1 is 1.12 bits per heavy atom. The van der Waals surface area contributed by atoms with Gasteiger partial charge in [0.05, 0.1) is 13.2 Å². The molecular weight excluding hydrogens is 424 g/mol. The van der Waals surface area contributed by atoms with E-state index in [4.69, 9.17) is 4.74 Å². The fourth-order valence-electron chi connectivity index (χ4n) is 3.79. The van der Waals surface area contributed by atoms with Gasteiger partial charge in [-0.05, 0) is 56.0 Å². The van der Waals surface area contributed by atoms with Crippen LogP contribution in [0.2, 0.25) is 0 Å². The van der Waals surface area contributed by atoms with E-state index in [9.17, 15) is 9.59 Å². The highest BCUT2D eigenvalue weighted by atomic mass is 32.1. The summed E-state index contributed by atoms with van der Waals surface area (Å²) in [5.41, 5.74) is 2.94. The number of benzene rings is 2. The largest absolute Gasteiger partial charge is 0.497 e. The number of nitrogens with zero attached hydrogens (tertiary/aromatic N) is 3. The molecule has 166 valence electrons. The lowest BCUT2D eigenvalue weighted by Gasteiger charge is -2.22. The van der Waals surface area contributed by atoms with Gasteiger partial charge in [-0.3, -0.25) is 9.59 Å². The molecule has 2 aromatic carbocycles. The van der Waals surface area contributed by atoms with E-state index in [1.165, 1.54) is 11.3 Å². The Morgan fingerprint density at radius 3 is 2.59 bits per heavy atom. The van der Waals surface area contributed by atoms with E-state index in [2.05, 4.69) is 15.5 Å². The van der Waals surface area contributed by atoms with Crippen molar-refractivity contribution in [1.82, 2.24) is 15.1 Å². The van der Waals surface area contributed by atoms with Crippen molar-refractivity contribution in [3.8, 4) is 5.75 Å². The fraction of sp³-hybridized carbons (Fsp3) is 0.333. The maximum absolute atomic E-state index is 12.9. The molecule has 3 aromatic rings. The molecule has 32 heavy (non-hydrogen) atoms. The summed E-state index contributed by atoms with van der Waals surface area (Å²) in [7, 11) is 1.64. The highest BCUT2D eigenvalue weighted by Gasteiger charge is 2.32. The van der Waals surface area contributed by atoms with Crippen molar-refractivity contribution in [2.24, 2.45) is 0 Å². The number of rotatable bonds is 7. The third kappa shape index (κ3) is 5.13. The molecule has 1 N–H and O–H groups in total. The Hall–Kier alpha value is -3.26. The van der Waals surface area contributed by atoms with Gasteiger partial charge in [-0.25, -0.2) is 0 Å². The van der Waals surface area contributed by atoms with Gasteiger partial charge in [-0.15, -0.1) is 10.2 Å². The molecule has 0 bridgehead atoms. The zero-order valence-corrected chi connectivity index (χ0v) is 19.0. The summed E-state index contributed by atoms with van der Waals surface area (Å²) in [5, 5.41) is 12.2. The molecule has 4 rings (SSSR count). The lowest BCUT2D eigenvalue weighted by Crippen LogP contribution is -2.30. The molecule has 7 nitrogen and oxygen atoms in total. The quantitative estimate of drug-likeness (QED) is 0.577. The molecule has 0 radical (unpaired) electrons. The Kier molecular flexibility index (Phi) is 6.80. The molecule has 0 aliphatic carbocycles. The minimum Gasteiger partial charge on any atom is -0.497 e. The van der Waals surface area contributed by atoms with Crippen LogP contribution in [-0.4, -0.2) is 40.6 Å². The van der Waals surface area contributed by atoms with Crippen molar-refractivity contribution in [2.45, 2.75) is 38.6 Å². The van der Waals surface area contributed by atoms with Gasteiger partial charge in [0, 0.05) is 18.7 Å². The average molecular weight is 451 g/mol. The number of anilines is 1. The third-order valence-corrected chi connectivity index (χ3v) is 6.61.